The summed E-state index contributed by atoms with van der Waals surface area (Å²) in [6.07, 6.45) is 0.171. The van der Waals surface area contributed by atoms with Crippen LogP contribution in [0.3, 0.4) is 0 Å². The Balaban J connectivity index is 1.95. The molecule has 0 atom stereocenters. The van der Waals surface area contributed by atoms with Crippen LogP contribution in [0.2, 0.25) is 0 Å². The predicted molar refractivity (Wildman–Crippen MR) is 114 cm³/mol. The number of ether oxygens (including phenoxy) is 2. The largest absolute Gasteiger partial charge is 0.525 e. The van der Waals surface area contributed by atoms with Crippen LogP contribution in [0.1, 0.15) is 39.7 Å². The molecule has 2 aromatic rings. The second-order valence-electron chi connectivity index (χ2n) is 8.15. The van der Waals surface area contributed by atoms with Gasteiger partial charge in [0.05, 0.1) is 24.9 Å². The van der Waals surface area contributed by atoms with Crippen LogP contribution in [0.5, 0.6) is 11.5 Å². The highest BCUT2D eigenvalue weighted by atomic mass is 19.1. The Hall–Kier alpha value is -2.38. The van der Waals surface area contributed by atoms with Crippen LogP contribution < -0.4 is 9.47 Å². The zero-order chi connectivity index (χ0) is 21.9. The van der Waals surface area contributed by atoms with E-state index in [2.05, 4.69) is 0 Å². The Morgan fingerprint density at radius 3 is 2.20 bits per heavy atom. The fraction of sp³-hybridized carbons (Fsp3) is 0.391. The molecule has 2 aromatic carbocycles. The van der Waals surface area contributed by atoms with Gasteiger partial charge in [-0.3, -0.25) is 0 Å². The number of para-hydroxylation sites is 2. The molecule has 1 saturated heterocycles. The van der Waals surface area contributed by atoms with Crippen molar-refractivity contribution in [1.82, 2.24) is 0 Å². The molecule has 0 aromatic heterocycles. The molecule has 0 unspecified atom stereocenters. The summed E-state index contributed by atoms with van der Waals surface area (Å²) in [5.41, 5.74) is -1.49. The maximum Gasteiger partial charge on any atom is 0.525 e. The number of benzene rings is 2. The highest BCUT2D eigenvalue weighted by molar-refractivity contribution is 6.55. The van der Waals surface area contributed by atoms with Crippen molar-refractivity contribution in [2.75, 3.05) is 13.7 Å². The molecule has 1 aliphatic rings. The summed E-state index contributed by atoms with van der Waals surface area (Å²) in [5, 5.41) is 0. The lowest BCUT2D eigenvalue weighted by Crippen LogP contribution is -2.41. The van der Waals surface area contributed by atoms with Crippen molar-refractivity contribution < 1.29 is 27.6 Å². The lowest BCUT2D eigenvalue weighted by molar-refractivity contribution is 0.00578. The van der Waals surface area contributed by atoms with E-state index in [0.29, 0.717) is 11.3 Å². The third-order valence-electron chi connectivity index (χ3n) is 5.61. The second-order valence-corrected chi connectivity index (χ2v) is 8.15. The van der Waals surface area contributed by atoms with E-state index in [1.54, 1.807) is 6.07 Å². The summed E-state index contributed by atoms with van der Waals surface area (Å²) in [7, 11) is 0.155. The Bertz CT molecular complexity index is 897. The van der Waals surface area contributed by atoms with Gasteiger partial charge in [-0.15, -0.1) is 0 Å². The molecular formula is C23H27BF2O4. The minimum Gasteiger partial charge on any atom is -0.493 e. The van der Waals surface area contributed by atoms with Crippen molar-refractivity contribution in [3.63, 3.8) is 0 Å². The van der Waals surface area contributed by atoms with Crippen LogP contribution in [0.15, 0.2) is 54.3 Å². The van der Waals surface area contributed by atoms with Gasteiger partial charge in [-0.25, -0.2) is 8.78 Å². The minimum absolute atomic E-state index is 0.0288. The van der Waals surface area contributed by atoms with Crippen LogP contribution in [0.4, 0.5) is 8.78 Å². The lowest BCUT2D eigenvalue weighted by Gasteiger charge is -2.32. The number of hydrogen-bond acceptors (Lipinski definition) is 4. The van der Waals surface area contributed by atoms with Gasteiger partial charge in [-0.05, 0) is 51.5 Å². The average Bonchev–Trinajstić information content (AvgIpc) is 2.93. The van der Waals surface area contributed by atoms with Gasteiger partial charge in [-0.1, -0.05) is 30.3 Å². The van der Waals surface area contributed by atoms with E-state index >= 15 is 4.39 Å². The Kier molecular flexibility index (Phi) is 6.53. The molecule has 1 heterocycles. The van der Waals surface area contributed by atoms with Gasteiger partial charge in [0.15, 0.2) is 11.6 Å². The van der Waals surface area contributed by atoms with Gasteiger partial charge >= 0.3 is 7.12 Å². The molecule has 0 bridgehead atoms. The molecule has 0 amide bonds. The summed E-state index contributed by atoms with van der Waals surface area (Å²) in [6, 6.07) is 13.6. The maximum absolute atomic E-state index is 15.7. The van der Waals surface area contributed by atoms with Crippen molar-refractivity contribution >= 4 is 12.7 Å². The molecule has 160 valence electrons. The van der Waals surface area contributed by atoms with Gasteiger partial charge in [0.1, 0.15) is 11.5 Å². The SMILES string of the molecule is COc1c(F)cccc1C(CCOc1ccccc1)=C(F)B1OC(C)(C)C(C)(C)O1. The molecule has 4 nitrogen and oxygen atoms in total. The molecular weight excluding hydrogens is 389 g/mol. The fourth-order valence-electron chi connectivity index (χ4n) is 3.21. The number of rotatable bonds is 7. The lowest BCUT2D eigenvalue weighted by atomic mass is 9.81. The Morgan fingerprint density at radius 1 is 0.967 bits per heavy atom. The Morgan fingerprint density at radius 2 is 1.60 bits per heavy atom. The first-order valence-electron chi connectivity index (χ1n) is 9.91. The molecule has 3 rings (SSSR count). The van der Waals surface area contributed by atoms with Crippen molar-refractivity contribution in [3.05, 3.63) is 65.6 Å². The van der Waals surface area contributed by atoms with Gasteiger partial charge in [-0.2, -0.15) is 0 Å². The highest BCUT2D eigenvalue weighted by Crippen LogP contribution is 2.42. The minimum atomic E-state index is -1.20. The van der Waals surface area contributed by atoms with E-state index in [1.807, 2.05) is 58.0 Å². The van der Waals surface area contributed by atoms with E-state index in [4.69, 9.17) is 18.8 Å². The van der Waals surface area contributed by atoms with Crippen molar-refractivity contribution in [3.8, 4) is 11.5 Å². The van der Waals surface area contributed by atoms with E-state index < -0.39 is 29.9 Å². The molecule has 1 aliphatic heterocycles. The fourth-order valence-corrected chi connectivity index (χ4v) is 3.21. The van der Waals surface area contributed by atoms with Gasteiger partial charge in [0.25, 0.3) is 0 Å². The summed E-state index contributed by atoms with van der Waals surface area (Å²) in [5.74, 6) is 0.0659. The first-order valence-corrected chi connectivity index (χ1v) is 9.91. The summed E-state index contributed by atoms with van der Waals surface area (Å²) in [6.45, 7) is 7.58. The molecule has 30 heavy (non-hydrogen) atoms. The summed E-state index contributed by atoms with van der Waals surface area (Å²) < 4.78 is 52.7. The normalized spacial score (nSPS) is 18.2. The third-order valence-corrected chi connectivity index (χ3v) is 5.61. The van der Waals surface area contributed by atoms with Gasteiger partial charge < -0.3 is 18.8 Å². The summed E-state index contributed by atoms with van der Waals surface area (Å²) in [4.78, 5) is 0. The van der Waals surface area contributed by atoms with Crippen molar-refractivity contribution in [2.45, 2.75) is 45.3 Å². The van der Waals surface area contributed by atoms with Crippen LogP contribution in [-0.2, 0) is 9.31 Å². The van der Waals surface area contributed by atoms with Crippen molar-refractivity contribution in [2.24, 2.45) is 0 Å². The molecule has 0 radical (unpaired) electrons. The first-order chi connectivity index (χ1) is 14.2. The highest BCUT2D eigenvalue weighted by Gasteiger charge is 2.53. The van der Waals surface area contributed by atoms with Gasteiger partial charge in [0, 0.05) is 12.0 Å². The van der Waals surface area contributed by atoms with E-state index in [1.165, 1.54) is 19.2 Å². The van der Waals surface area contributed by atoms with Crippen LogP contribution in [0.25, 0.3) is 5.57 Å². The summed E-state index contributed by atoms with van der Waals surface area (Å²) >= 11 is 0. The monoisotopic (exact) mass is 416 g/mol. The van der Waals surface area contributed by atoms with Crippen LogP contribution in [-0.4, -0.2) is 32.0 Å². The third kappa shape index (κ3) is 4.52. The molecule has 7 heteroatoms. The zero-order valence-corrected chi connectivity index (χ0v) is 18.0. The maximum atomic E-state index is 15.7. The quantitative estimate of drug-likeness (QED) is 0.550. The average molecular weight is 416 g/mol. The molecule has 1 fully saturated rings. The van der Waals surface area contributed by atoms with Crippen LogP contribution >= 0.6 is 0 Å². The second kappa shape index (κ2) is 8.78. The number of halogens is 2. The topological polar surface area (TPSA) is 36.9 Å². The van der Waals surface area contributed by atoms with E-state index in [-0.39, 0.29) is 24.4 Å². The number of hydrogen-bond donors (Lipinski definition) is 0. The van der Waals surface area contributed by atoms with Crippen molar-refractivity contribution in [1.29, 1.82) is 0 Å². The molecule has 0 aliphatic carbocycles. The van der Waals surface area contributed by atoms with Gasteiger partial charge in [0.2, 0.25) is 0 Å². The number of methoxy groups -OCH3 is 1. The molecule has 0 N–H and O–H groups in total. The van der Waals surface area contributed by atoms with Crippen LogP contribution in [0, 0.1) is 5.82 Å². The smallest absolute Gasteiger partial charge is 0.493 e. The van der Waals surface area contributed by atoms with E-state index in [0.717, 1.165) is 0 Å². The predicted octanol–water partition coefficient (Wildman–Crippen LogP) is 5.62. The molecule has 0 spiro atoms. The van der Waals surface area contributed by atoms with E-state index in [9.17, 15) is 4.39 Å². The Labute approximate surface area is 176 Å². The molecule has 0 saturated carbocycles. The zero-order valence-electron chi connectivity index (χ0n) is 18.0. The standard InChI is InChI=1S/C23H27BF2O4/c1-22(2)23(3,4)30-24(29-22)21(26)18(14-15-28-16-10-7-6-8-11-16)17-12-9-13-19(25)20(17)27-5/h6-13H,14-15H2,1-5H3. The first kappa shape index (κ1) is 22.3.